The molecule has 2 fully saturated rings. The molecule has 0 bridgehead atoms. The number of aromatic hydroxyl groups is 1. The second-order valence-corrected chi connectivity index (χ2v) is 8.81. The molecule has 3 aromatic carbocycles. The first kappa shape index (κ1) is 21.6. The van der Waals surface area contributed by atoms with Gasteiger partial charge in [-0.2, -0.15) is 5.01 Å². The Morgan fingerprint density at radius 1 is 1.06 bits per heavy atom. The number of phenolic OH excluding ortho intramolecular Hbond substituents is 1. The molecule has 174 valence electrons. The molecule has 34 heavy (non-hydrogen) atoms. The molecule has 2 saturated heterocycles. The van der Waals surface area contributed by atoms with Crippen molar-refractivity contribution in [3.8, 4) is 5.75 Å². The maximum absolute atomic E-state index is 12.3. The fourth-order valence-corrected chi connectivity index (χ4v) is 4.84. The van der Waals surface area contributed by atoms with Crippen molar-refractivity contribution in [3.05, 3.63) is 76.9 Å². The van der Waals surface area contributed by atoms with Gasteiger partial charge in [0.05, 0.1) is 6.04 Å². The fourth-order valence-electron chi connectivity index (χ4n) is 4.84. The lowest BCUT2D eigenvalue weighted by Crippen LogP contribution is -2.64. The number of piperazine rings is 1. The first-order valence-corrected chi connectivity index (χ1v) is 11.0. The normalized spacial score (nSPS) is 19.7. The van der Waals surface area contributed by atoms with Gasteiger partial charge in [0.25, 0.3) is 0 Å². The number of hydrazine groups is 1. The number of hydrogen-bond acceptors (Lipinski definition) is 4. The Hall–Kier alpha value is -4.27. The molecular weight excluding hydrogens is 436 g/mol. The minimum atomic E-state index is -1.29. The van der Waals surface area contributed by atoms with Gasteiger partial charge in [0.1, 0.15) is 12.3 Å². The first-order chi connectivity index (χ1) is 16.3. The summed E-state index contributed by atoms with van der Waals surface area (Å²) in [5, 5.41) is 25.1. The number of nitrogens with zero attached hydrogens (tertiary/aromatic N) is 2. The molecule has 9 nitrogen and oxygen atoms in total. The van der Waals surface area contributed by atoms with Gasteiger partial charge in [-0.15, -0.1) is 0 Å². The average Bonchev–Trinajstić information content (AvgIpc) is 3.12. The zero-order valence-electron chi connectivity index (χ0n) is 18.5. The van der Waals surface area contributed by atoms with Crippen LogP contribution < -0.4 is 10.7 Å². The standard InChI is InChI=1S/C25H24N4O5/c1-14-2-7-20-17(8-14)10-16(11-18(20)9-15-3-5-19(30)6-4-15)12-21-23-28(13-22(31)26-21)24(32)27-29(23)25(33)34/h2-8,10-11,21,23,30H,9,12-13H2,1H3,(H,26,31)(H,27,32)(H,33,34). The third-order valence-corrected chi connectivity index (χ3v) is 6.33. The zero-order valence-corrected chi connectivity index (χ0v) is 18.5. The summed E-state index contributed by atoms with van der Waals surface area (Å²) in [7, 11) is 0. The molecule has 0 saturated carbocycles. The van der Waals surface area contributed by atoms with Gasteiger partial charge in [-0.3, -0.25) is 9.69 Å². The second-order valence-electron chi connectivity index (χ2n) is 8.81. The number of phenols is 1. The third kappa shape index (κ3) is 3.96. The maximum Gasteiger partial charge on any atom is 0.428 e. The molecule has 2 unspecified atom stereocenters. The van der Waals surface area contributed by atoms with Gasteiger partial charge < -0.3 is 15.5 Å². The molecule has 2 aliphatic heterocycles. The van der Waals surface area contributed by atoms with E-state index < -0.39 is 24.3 Å². The van der Waals surface area contributed by atoms with Crippen LogP contribution in [0.3, 0.4) is 0 Å². The van der Waals surface area contributed by atoms with Crippen molar-refractivity contribution in [2.24, 2.45) is 0 Å². The maximum atomic E-state index is 12.3. The summed E-state index contributed by atoms with van der Waals surface area (Å²) < 4.78 is 0. The lowest BCUT2D eigenvalue weighted by Gasteiger charge is -2.37. The Labute approximate surface area is 195 Å². The lowest BCUT2D eigenvalue weighted by atomic mass is 9.92. The van der Waals surface area contributed by atoms with E-state index in [0.717, 1.165) is 38.0 Å². The van der Waals surface area contributed by atoms with Crippen molar-refractivity contribution in [2.45, 2.75) is 32.0 Å². The number of benzene rings is 3. The molecule has 0 aromatic heterocycles. The highest BCUT2D eigenvalue weighted by Gasteiger charge is 2.49. The van der Waals surface area contributed by atoms with E-state index in [1.54, 1.807) is 12.1 Å². The summed E-state index contributed by atoms with van der Waals surface area (Å²) in [5.41, 5.74) is 6.47. The van der Waals surface area contributed by atoms with Gasteiger partial charge >= 0.3 is 12.1 Å². The minimum absolute atomic E-state index is 0.195. The van der Waals surface area contributed by atoms with Crippen molar-refractivity contribution < 1.29 is 24.6 Å². The predicted octanol–water partition coefficient (Wildman–Crippen LogP) is 2.73. The Kier molecular flexibility index (Phi) is 5.24. The summed E-state index contributed by atoms with van der Waals surface area (Å²) in [6.07, 6.45) is -1.14. The van der Waals surface area contributed by atoms with E-state index in [1.165, 1.54) is 4.90 Å². The van der Waals surface area contributed by atoms with Crippen LogP contribution in [0.25, 0.3) is 10.8 Å². The topological polar surface area (TPSA) is 122 Å². The number of amides is 4. The van der Waals surface area contributed by atoms with Gasteiger partial charge in [0, 0.05) is 0 Å². The van der Waals surface area contributed by atoms with Crippen LogP contribution in [0.2, 0.25) is 0 Å². The number of urea groups is 1. The van der Waals surface area contributed by atoms with Gasteiger partial charge in [0.15, 0.2) is 6.17 Å². The Morgan fingerprint density at radius 2 is 1.82 bits per heavy atom. The highest BCUT2D eigenvalue weighted by Crippen LogP contribution is 2.28. The first-order valence-electron chi connectivity index (χ1n) is 11.0. The lowest BCUT2D eigenvalue weighted by molar-refractivity contribution is -0.127. The molecule has 5 rings (SSSR count). The summed E-state index contributed by atoms with van der Waals surface area (Å²) in [4.78, 5) is 37.6. The Bertz CT molecular complexity index is 1310. The number of fused-ring (bicyclic) bond motifs is 2. The molecule has 9 heteroatoms. The monoisotopic (exact) mass is 460 g/mol. The number of carbonyl (C=O) groups is 3. The molecule has 0 spiro atoms. The van der Waals surface area contributed by atoms with Crippen LogP contribution in [0.15, 0.2) is 54.6 Å². The van der Waals surface area contributed by atoms with Crippen LogP contribution in [0.1, 0.15) is 22.3 Å². The van der Waals surface area contributed by atoms with Gasteiger partial charge in [-0.25, -0.2) is 15.0 Å². The van der Waals surface area contributed by atoms with Crippen LogP contribution >= 0.6 is 0 Å². The van der Waals surface area contributed by atoms with Crippen molar-refractivity contribution in [2.75, 3.05) is 6.54 Å². The van der Waals surface area contributed by atoms with E-state index in [2.05, 4.69) is 35.0 Å². The number of carbonyl (C=O) groups excluding carboxylic acids is 2. The quantitative estimate of drug-likeness (QED) is 0.477. The van der Waals surface area contributed by atoms with Crippen molar-refractivity contribution in [3.63, 3.8) is 0 Å². The van der Waals surface area contributed by atoms with Crippen molar-refractivity contribution in [1.29, 1.82) is 0 Å². The van der Waals surface area contributed by atoms with Crippen LogP contribution in [-0.4, -0.2) is 56.9 Å². The number of carboxylic acid groups (broad SMARTS) is 1. The molecule has 3 aromatic rings. The van der Waals surface area contributed by atoms with Crippen LogP contribution in [0.5, 0.6) is 5.75 Å². The minimum Gasteiger partial charge on any atom is -0.508 e. The molecular formula is C25H24N4O5. The average molecular weight is 460 g/mol. The predicted molar refractivity (Wildman–Crippen MR) is 124 cm³/mol. The molecule has 4 N–H and O–H groups in total. The number of nitrogens with one attached hydrogen (secondary N) is 2. The summed E-state index contributed by atoms with van der Waals surface area (Å²) in [6.45, 7) is 1.82. The highest BCUT2D eigenvalue weighted by atomic mass is 16.4. The number of hydrogen-bond donors (Lipinski definition) is 4. The third-order valence-electron chi connectivity index (χ3n) is 6.33. The number of rotatable bonds is 4. The fraction of sp³-hybridized carbons (Fsp3) is 0.240. The summed E-state index contributed by atoms with van der Waals surface area (Å²) in [5.74, 6) is -0.122. The van der Waals surface area contributed by atoms with E-state index >= 15 is 0 Å². The van der Waals surface area contributed by atoms with E-state index in [4.69, 9.17) is 0 Å². The van der Waals surface area contributed by atoms with E-state index in [1.807, 2.05) is 25.1 Å². The Balaban J connectivity index is 1.52. The highest BCUT2D eigenvalue weighted by molar-refractivity contribution is 5.89. The van der Waals surface area contributed by atoms with E-state index in [9.17, 15) is 24.6 Å². The molecule has 2 heterocycles. The van der Waals surface area contributed by atoms with E-state index in [0.29, 0.717) is 12.8 Å². The Morgan fingerprint density at radius 3 is 2.56 bits per heavy atom. The SMILES string of the molecule is Cc1ccc2c(Cc3ccc(O)cc3)cc(CC3NC(=O)CN4C(=O)NN(C(=O)O)C34)cc2c1. The van der Waals surface area contributed by atoms with Crippen LogP contribution in [0, 0.1) is 6.92 Å². The largest absolute Gasteiger partial charge is 0.508 e. The van der Waals surface area contributed by atoms with Crippen molar-refractivity contribution in [1.82, 2.24) is 20.7 Å². The second kappa shape index (κ2) is 8.26. The molecule has 4 amide bonds. The summed E-state index contributed by atoms with van der Waals surface area (Å²) >= 11 is 0. The van der Waals surface area contributed by atoms with Crippen LogP contribution in [-0.2, 0) is 17.6 Å². The number of aryl methyl sites for hydroxylation is 1. The molecule has 0 radical (unpaired) electrons. The molecule has 0 aliphatic carbocycles. The zero-order chi connectivity index (χ0) is 24.0. The molecule has 2 atom stereocenters. The smallest absolute Gasteiger partial charge is 0.428 e. The van der Waals surface area contributed by atoms with Gasteiger partial charge in [0.2, 0.25) is 5.91 Å². The van der Waals surface area contributed by atoms with Gasteiger partial charge in [-0.05, 0) is 59.4 Å². The van der Waals surface area contributed by atoms with Crippen molar-refractivity contribution >= 4 is 28.8 Å². The van der Waals surface area contributed by atoms with Crippen LogP contribution in [0.4, 0.5) is 9.59 Å². The van der Waals surface area contributed by atoms with Gasteiger partial charge in [-0.1, -0.05) is 48.0 Å². The van der Waals surface area contributed by atoms with E-state index in [-0.39, 0.29) is 18.2 Å². The molecule has 2 aliphatic rings. The summed E-state index contributed by atoms with van der Waals surface area (Å²) in [6, 6.07) is 16.2.